The molecule has 0 saturated carbocycles. The van der Waals surface area contributed by atoms with Crippen LogP contribution in [0.25, 0.3) is 10.8 Å². The molecular weight excluding hydrogens is 366 g/mol. The zero-order valence-corrected chi connectivity index (χ0v) is 16.5. The number of hydrogen-bond donors (Lipinski definition) is 0. The van der Waals surface area contributed by atoms with Crippen LogP contribution in [0, 0.1) is 11.3 Å². The van der Waals surface area contributed by atoms with Gasteiger partial charge < -0.3 is 14.2 Å². The second kappa shape index (κ2) is 9.72. The Hall–Kier alpha value is -3.36. The number of esters is 1. The molecule has 29 heavy (non-hydrogen) atoms. The fraction of sp³-hybridized carbons (Fsp3) is 0.250. The van der Waals surface area contributed by atoms with Gasteiger partial charge in [0.25, 0.3) is 0 Å². The molecule has 0 radical (unpaired) electrons. The van der Waals surface area contributed by atoms with Gasteiger partial charge in [-0.25, -0.2) is 0 Å². The van der Waals surface area contributed by atoms with Crippen molar-refractivity contribution < 1.29 is 19.0 Å². The van der Waals surface area contributed by atoms with Crippen molar-refractivity contribution in [1.82, 2.24) is 0 Å². The van der Waals surface area contributed by atoms with Gasteiger partial charge >= 0.3 is 5.97 Å². The van der Waals surface area contributed by atoms with Crippen LogP contribution in [0.3, 0.4) is 0 Å². The first kappa shape index (κ1) is 20.4. The number of carbonyl (C=O) groups is 1. The predicted molar refractivity (Wildman–Crippen MR) is 111 cm³/mol. The first-order valence-electron chi connectivity index (χ1n) is 9.38. The first-order chi connectivity index (χ1) is 14.1. The number of nitrogens with zero attached hydrogens (tertiary/aromatic N) is 1. The zero-order valence-electron chi connectivity index (χ0n) is 16.5. The third-order valence-corrected chi connectivity index (χ3v) is 4.68. The maximum Gasteiger partial charge on any atom is 0.304 e. The molecule has 5 heteroatoms. The van der Waals surface area contributed by atoms with E-state index in [0.29, 0.717) is 11.5 Å². The summed E-state index contributed by atoms with van der Waals surface area (Å²) in [7, 11) is 1.61. The van der Waals surface area contributed by atoms with Gasteiger partial charge in [0.1, 0.15) is 11.8 Å². The van der Waals surface area contributed by atoms with E-state index < -0.39 is 12.1 Å². The van der Waals surface area contributed by atoms with E-state index in [2.05, 4.69) is 24.3 Å². The van der Waals surface area contributed by atoms with Crippen molar-refractivity contribution in [1.29, 1.82) is 5.26 Å². The maximum atomic E-state index is 10.9. The molecule has 1 aliphatic heterocycles. The van der Waals surface area contributed by atoms with Gasteiger partial charge in [-0.2, -0.15) is 5.26 Å². The molecule has 1 saturated heterocycles. The highest BCUT2D eigenvalue weighted by atomic mass is 16.5. The average Bonchev–Trinajstić information content (AvgIpc) is 2.71. The van der Waals surface area contributed by atoms with Crippen LogP contribution in [0.2, 0.25) is 0 Å². The highest BCUT2D eigenvalue weighted by Gasteiger charge is 2.19. The lowest BCUT2D eigenvalue weighted by Crippen LogP contribution is -2.24. The topological polar surface area (TPSA) is 68.5 Å². The number of methoxy groups -OCH3 is 1. The molecule has 3 aromatic carbocycles. The number of carbonyl (C=O) groups excluding carboxylic acids is 1. The standard InChI is InChI=1S/C15H13NO3.C9H10O/c1-10(17)19-15(9-16)13-4-3-12-8-14(18-2)6-5-11(12)7-13;1-2-4-8(5-3-1)9-6-10-7-9/h3-8,15H,1-2H3;1-5,9H,6-7H2. The molecule has 148 valence electrons. The van der Waals surface area contributed by atoms with Crippen LogP contribution >= 0.6 is 0 Å². The highest BCUT2D eigenvalue weighted by molar-refractivity contribution is 5.84. The molecule has 0 bridgehead atoms. The van der Waals surface area contributed by atoms with Crippen LogP contribution < -0.4 is 4.74 Å². The lowest BCUT2D eigenvalue weighted by molar-refractivity contribution is -0.144. The van der Waals surface area contributed by atoms with Crippen molar-refractivity contribution in [2.45, 2.75) is 18.9 Å². The summed E-state index contributed by atoms with van der Waals surface area (Å²) in [5, 5.41) is 11.0. The Labute approximate surface area is 170 Å². The van der Waals surface area contributed by atoms with Gasteiger partial charge in [0.15, 0.2) is 0 Å². The van der Waals surface area contributed by atoms with Crippen LogP contribution in [0.1, 0.15) is 30.1 Å². The highest BCUT2D eigenvalue weighted by Crippen LogP contribution is 2.26. The van der Waals surface area contributed by atoms with E-state index in [4.69, 9.17) is 19.5 Å². The summed E-state index contributed by atoms with van der Waals surface area (Å²) in [5.41, 5.74) is 2.07. The molecule has 0 N–H and O–H groups in total. The van der Waals surface area contributed by atoms with Crippen molar-refractivity contribution in [3.8, 4) is 11.8 Å². The number of nitriles is 1. The van der Waals surface area contributed by atoms with Crippen LogP contribution in [0.5, 0.6) is 5.75 Å². The minimum absolute atomic E-state index is 0.471. The predicted octanol–water partition coefficient (Wildman–Crippen LogP) is 4.78. The molecular formula is C24H23NO4. The third kappa shape index (κ3) is 5.34. The van der Waals surface area contributed by atoms with Gasteiger partial charge in [-0.05, 0) is 34.5 Å². The molecule has 0 aliphatic carbocycles. The smallest absolute Gasteiger partial charge is 0.304 e. The molecule has 0 aromatic heterocycles. The summed E-state index contributed by atoms with van der Waals surface area (Å²) in [5.74, 6) is 0.972. The normalized spacial score (nSPS) is 14.0. The van der Waals surface area contributed by atoms with Crippen molar-refractivity contribution in [2.24, 2.45) is 0 Å². The summed E-state index contributed by atoms with van der Waals surface area (Å²) in [6, 6.07) is 23.6. The SMILES string of the molecule is COc1ccc2cc(C(C#N)OC(C)=O)ccc2c1.c1ccc(C2COC2)cc1. The number of ether oxygens (including phenoxy) is 3. The van der Waals surface area contributed by atoms with Crippen LogP contribution in [-0.4, -0.2) is 26.3 Å². The Morgan fingerprint density at radius 3 is 2.34 bits per heavy atom. The zero-order chi connectivity index (χ0) is 20.6. The molecule has 1 unspecified atom stereocenters. The van der Waals surface area contributed by atoms with E-state index in [-0.39, 0.29) is 0 Å². The minimum Gasteiger partial charge on any atom is -0.497 e. The molecule has 5 nitrogen and oxygen atoms in total. The van der Waals surface area contributed by atoms with Gasteiger partial charge in [-0.1, -0.05) is 48.5 Å². The van der Waals surface area contributed by atoms with E-state index in [0.717, 1.165) is 29.7 Å². The molecule has 4 rings (SSSR count). The monoisotopic (exact) mass is 389 g/mol. The Morgan fingerprint density at radius 1 is 1.07 bits per heavy atom. The average molecular weight is 389 g/mol. The van der Waals surface area contributed by atoms with E-state index in [9.17, 15) is 4.79 Å². The second-order valence-corrected chi connectivity index (χ2v) is 6.74. The van der Waals surface area contributed by atoms with Crippen LogP contribution in [0.15, 0.2) is 66.7 Å². The Balaban J connectivity index is 0.000000200. The van der Waals surface area contributed by atoms with Crippen molar-refractivity contribution >= 4 is 16.7 Å². The summed E-state index contributed by atoms with van der Waals surface area (Å²) in [6.45, 7) is 3.10. The summed E-state index contributed by atoms with van der Waals surface area (Å²) >= 11 is 0. The van der Waals surface area contributed by atoms with Crippen molar-refractivity contribution in [3.05, 3.63) is 77.9 Å². The Kier molecular flexibility index (Phi) is 6.83. The van der Waals surface area contributed by atoms with Crippen LogP contribution in [0.4, 0.5) is 0 Å². The largest absolute Gasteiger partial charge is 0.497 e. The molecule has 1 fully saturated rings. The molecule has 1 aliphatic rings. The number of hydrogen-bond acceptors (Lipinski definition) is 5. The van der Waals surface area contributed by atoms with E-state index in [1.807, 2.05) is 42.5 Å². The summed E-state index contributed by atoms with van der Waals surface area (Å²) < 4.78 is 15.2. The maximum absolute atomic E-state index is 10.9. The summed E-state index contributed by atoms with van der Waals surface area (Å²) in [4.78, 5) is 10.9. The first-order valence-corrected chi connectivity index (χ1v) is 9.38. The molecule has 0 amide bonds. The molecule has 3 aromatic rings. The summed E-state index contributed by atoms with van der Waals surface area (Å²) in [6.07, 6.45) is -0.871. The van der Waals surface area contributed by atoms with Gasteiger partial charge in [0, 0.05) is 18.4 Å². The Bertz CT molecular complexity index is 1010. The lowest BCUT2D eigenvalue weighted by Gasteiger charge is -2.26. The number of fused-ring (bicyclic) bond motifs is 1. The fourth-order valence-corrected chi connectivity index (χ4v) is 3.02. The Morgan fingerprint density at radius 2 is 1.76 bits per heavy atom. The van der Waals surface area contributed by atoms with Crippen LogP contribution in [-0.2, 0) is 14.3 Å². The van der Waals surface area contributed by atoms with E-state index >= 15 is 0 Å². The van der Waals surface area contributed by atoms with E-state index in [1.165, 1.54) is 12.5 Å². The number of rotatable bonds is 4. The third-order valence-electron chi connectivity index (χ3n) is 4.68. The van der Waals surface area contributed by atoms with Gasteiger partial charge in [-0.15, -0.1) is 0 Å². The number of benzene rings is 3. The lowest BCUT2D eigenvalue weighted by atomic mass is 9.98. The van der Waals surface area contributed by atoms with Crippen molar-refractivity contribution in [2.75, 3.05) is 20.3 Å². The van der Waals surface area contributed by atoms with Gasteiger partial charge in [-0.3, -0.25) is 4.79 Å². The molecule has 1 heterocycles. The molecule has 1 atom stereocenters. The van der Waals surface area contributed by atoms with Gasteiger partial charge in [0.05, 0.1) is 20.3 Å². The van der Waals surface area contributed by atoms with Gasteiger partial charge in [0.2, 0.25) is 6.10 Å². The molecule has 0 spiro atoms. The quantitative estimate of drug-likeness (QED) is 0.601. The minimum atomic E-state index is -0.871. The van der Waals surface area contributed by atoms with E-state index in [1.54, 1.807) is 13.2 Å². The fourth-order valence-electron chi connectivity index (χ4n) is 3.02. The van der Waals surface area contributed by atoms with Crippen molar-refractivity contribution in [3.63, 3.8) is 0 Å². The second-order valence-electron chi connectivity index (χ2n) is 6.74.